The van der Waals surface area contributed by atoms with Crippen LogP contribution in [0.15, 0.2) is 131 Å². The summed E-state index contributed by atoms with van der Waals surface area (Å²) in [5.74, 6) is 0. The van der Waals surface area contributed by atoms with Crippen LogP contribution in [0.3, 0.4) is 0 Å². The molecule has 0 saturated carbocycles. The lowest BCUT2D eigenvalue weighted by Crippen LogP contribution is -2.36. The highest BCUT2D eigenvalue weighted by molar-refractivity contribution is 7.07. The Morgan fingerprint density at radius 3 is 2.10 bits per heavy atom. The Hall–Kier alpha value is -4.49. The van der Waals surface area contributed by atoms with Crippen LogP contribution in [-0.4, -0.2) is 14.3 Å². The van der Waals surface area contributed by atoms with Crippen molar-refractivity contribution in [1.29, 1.82) is 0 Å². The minimum atomic E-state index is -0.452. The van der Waals surface area contributed by atoms with E-state index in [4.69, 9.17) is 33.3 Å². The second-order valence-electron chi connectivity index (χ2n) is 9.81. The highest BCUT2D eigenvalue weighted by Crippen LogP contribution is 2.34. The van der Waals surface area contributed by atoms with Crippen LogP contribution in [0.2, 0.25) is 10.0 Å². The van der Waals surface area contributed by atoms with Gasteiger partial charge in [-0.25, -0.2) is 9.67 Å². The smallest absolute Gasteiger partial charge is 0.271 e. The molecule has 0 saturated heterocycles. The van der Waals surface area contributed by atoms with Gasteiger partial charge in [0.25, 0.3) is 5.56 Å². The molecule has 0 radical (unpaired) electrons. The van der Waals surface area contributed by atoms with Crippen LogP contribution in [0.5, 0.6) is 0 Å². The first-order valence-corrected chi connectivity index (χ1v) is 14.9. The summed E-state index contributed by atoms with van der Waals surface area (Å²) in [6.07, 6.45) is 5.94. The highest BCUT2D eigenvalue weighted by Gasteiger charge is 2.27. The summed E-state index contributed by atoms with van der Waals surface area (Å²) >= 11 is 13.7. The number of aromatic nitrogens is 3. The number of thiazole rings is 1. The van der Waals surface area contributed by atoms with Gasteiger partial charge in [0, 0.05) is 27.4 Å². The van der Waals surface area contributed by atoms with E-state index in [9.17, 15) is 4.79 Å². The number of fused-ring (bicyclic) bond motifs is 1. The lowest BCUT2D eigenvalue weighted by Gasteiger charge is -2.19. The van der Waals surface area contributed by atoms with Crippen molar-refractivity contribution >= 4 is 46.3 Å². The average molecular weight is 606 g/mol. The maximum Gasteiger partial charge on any atom is 0.271 e. The first-order valence-electron chi connectivity index (χ1n) is 13.3. The summed E-state index contributed by atoms with van der Waals surface area (Å²) in [7, 11) is 0. The molecular weight excluding hydrogens is 583 g/mol. The van der Waals surface area contributed by atoms with Gasteiger partial charge < -0.3 is 0 Å². The standard InChI is InChI=1S/C34H22Cl2N4OS/c35-25-15-11-22(12-16-25)19-31-33(41)40-30(20-29(37-34(40)42-31)23-7-3-1-4-8-23)28-21-39(27-9-5-2-6-10-27)38-32(28)24-13-17-26(36)18-14-24/h1-21,30H. The average Bonchev–Trinajstić information content (AvgIpc) is 3.61. The molecule has 0 amide bonds. The summed E-state index contributed by atoms with van der Waals surface area (Å²) in [5, 5.41) is 6.31. The van der Waals surface area contributed by atoms with Gasteiger partial charge in [0.05, 0.1) is 27.7 Å². The van der Waals surface area contributed by atoms with Crippen LogP contribution in [-0.2, 0) is 0 Å². The van der Waals surface area contributed by atoms with E-state index in [0.29, 0.717) is 19.4 Å². The Kier molecular flexibility index (Phi) is 6.96. The van der Waals surface area contributed by atoms with Gasteiger partial charge >= 0.3 is 0 Å². The maximum absolute atomic E-state index is 14.1. The van der Waals surface area contributed by atoms with Gasteiger partial charge in [0.2, 0.25) is 0 Å². The fourth-order valence-corrected chi connectivity index (χ4v) is 6.30. The summed E-state index contributed by atoms with van der Waals surface area (Å²) < 4.78 is 4.22. The van der Waals surface area contributed by atoms with Crippen molar-refractivity contribution in [3.05, 3.63) is 168 Å². The number of nitrogens with zero attached hydrogens (tertiary/aromatic N) is 4. The first kappa shape index (κ1) is 26.4. The van der Waals surface area contributed by atoms with Gasteiger partial charge in [0.15, 0.2) is 4.80 Å². The van der Waals surface area contributed by atoms with E-state index in [2.05, 4.69) is 0 Å². The molecule has 0 fully saturated rings. The van der Waals surface area contributed by atoms with Gasteiger partial charge in [-0.05, 0) is 59.7 Å². The van der Waals surface area contributed by atoms with Crippen molar-refractivity contribution in [1.82, 2.24) is 14.3 Å². The van der Waals surface area contributed by atoms with Crippen molar-refractivity contribution < 1.29 is 0 Å². The normalized spacial score (nSPS) is 14.8. The van der Waals surface area contributed by atoms with E-state index in [1.807, 2.05) is 132 Å². The van der Waals surface area contributed by atoms with Gasteiger partial charge in [0.1, 0.15) is 0 Å². The highest BCUT2D eigenvalue weighted by atomic mass is 35.5. The third kappa shape index (κ3) is 5.05. The number of hydrogen-bond acceptors (Lipinski definition) is 4. The molecule has 1 atom stereocenters. The Labute approximate surface area is 255 Å². The van der Waals surface area contributed by atoms with Crippen molar-refractivity contribution in [3.63, 3.8) is 0 Å². The largest absolute Gasteiger partial charge is 0.272 e. The minimum absolute atomic E-state index is 0.114. The molecule has 1 unspecified atom stereocenters. The summed E-state index contributed by atoms with van der Waals surface area (Å²) in [4.78, 5) is 19.7. The zero-order valence-electron chi connectivity index (χ0n) is 22.1. The molecular formula is C34H22Cl2N4OS. The molecule has 2 aromatic heterocycles. The third-order valence-corrected chi connectivity index (χ3v) is 8.57. The van der Waals surface area contributed by atoms with Crippen molar-refractivity contribution in [3.8, 4) is 16.9 Å². The molecule has 8 heteroatoms. The summed E-state index contributed by atoms with van der Waals surface area (Å²) in [6.45, 7) is 0. The molecule has 3 heterocycles. The van der Waals surface area contributed by atoms with E-state index >= 15 is 0 Å². The quantitative estimate of drug-likeness (QED) is 0.209. The molecule has 7 rings (SSSR count). The Morgan fingerprint density at radius 2 is 1.40 bits per heavy atom. The van der Waals surface area contributed by atoms with Gasteiger partial charge in [-0.3, -0.25) is 9.36 Å². The number of rotatable bonds is 5. The predicted octanol–water partition coefficient (Wildman–Crippen LogP) is 7.16. The molecule has 0 aliphatic carbocycles. The number of benzene rings is 4. The van der Waals surface area contributed by atoms with E-state index in [-0.39, 0.29) is 5.56 Å². The topological polar surface area (TPSA) is 52.2 Å². The number of hydrogen-bond donors (Lipinski definition) is 0. The molecule has 1 aliphatic heterocycles. The van der Waals surface area contributed by atoms with Crippen LogP contribution in [0, 0.1) is 0 Å². The molecule has 0 spiro atoms. The molecule has 0 N–H and O–H groups in total. The minimum Gasteiger partial charge on any atom is -0.272 e. The fourth-order valence-electron chi connectivity index (χ4n) is 5.03. The fraction of sp³-hybridized carbons (Fsp3) is 0.0294. The molecule has 1 aliphatic rings. The summed E-state index contributed by atoms with van der Waals surface area (Å²) in [6, 6.07) is 34.5. The zero-order chi connectivity index (χ0) is 28.6. The molecule has 5 nitrogen and oxygen atoms in total. The predicted molar refractivity (Wildman–Crippen MR) is 171 cm³/mol. The lowest BCUT2D eigenvalue weighted by atomic mass is 9.99. The van der Waals surface area contributed by atoms with Gasteiger partial charge in [-0.2, -0.15) is 5.10 Å². The molecule has 4 aromatic carbocycles. The lowest BCUT2D eigenvalue weighted by molar-refractivity contribution is 0.645. The monoisotopic (exact) mass is 604 g/mol. The second-order valence-corrected chi connectivity index (χ2v) is 11.7. The van der Waals surface area contributed by atoms with Crippen molar-refractivity contribution in [2.24, 2.45) is 4.99 Å². The molecule has 6 aromatic rings. The first-order chi connectivity index (χ1) is 20.5. The molecule has 42 heavy (non-hydrogen) atoms. The molecule has 0 bridgehead atoms. The van der Waals surface area contributed by atoms with Crippen LogP contribution < -0.4 is 14.9 Å². The SMILES string of the molecule is O=c1c(=Cc2ccc(Cl)cc2)sc2n1C(c1cn(-c3ccccc3)nc1-c1ccc(Cl)cc1)C=C(c1ccccc1)N=2. The van der Waals surface area contributed by atoms with E-state index in [1.54, 1.807) is 4.57 Å². The maximum atomic E-state index is 14.1. The van der Waals surface area contributed by atoms with Gasteiger partial charge in [-0.1, -0.05) is 107 Å². The van der Waals surface area contributed by atoms with Gasteiger partial charge in [-0.15, -0.1) is 0 Å². The zero-order valence-corrected chi connectivity index (χ0v) is 24.4. The van der Waals surface area contributed by atoms with Crippen molar-refractivity contribution in [2.75, 3.05) is 0 Å². The van der Waals surface area contributed by atoms with Crippen molar-refractivity contribution in [2.45, 2.75) is 6.04 Å². The summed E-state index contributed by atoms with van der Waals surface area (Å²) in [5.41, 5.74) is 6.01. The second kappa shape index (κ2) is 11.1. The number of allylic oxidation sites excluding steroid dienone is 1. The van der Waals surface area contributed by atoms with Crippen LogP contribution in [0.25, 0.3) is 28.7 Å². The Bertz CT molecular complexity index is 2110. The van der Waals surface area contributed by atoms with Crippen LogP contribution >= 0.6 is 34.5 Å². The van der Waals surface area contributed by atoms with Crippen LogP contribution in [0.4, 0.5) is 0 Å². The Morgan fingerprint density at radius 1 is 0.762 bits per heavy atom. The van der Waals surface area contributed by atoms with E-state index in [0.717, 1.165) is 39.3 Å². The molecule has 204 valence electrons. The number of para-hydroxylation sites is 1. The van der Waals surface area contributed by atoms with Crippen LogP contribution in [0.1, 0.15) is 22.7 Å². The Balaban J connectivity index is 1.48. The van der Waals surface area contributed by atoms with E-state index < -0.39 is 6.04 Å². The number of halogens is 2. The van der Waals surface area contributed by atoms with E-state index in [1.165, 1.54) is 11.3 Å². The third-order valence-electron chi connectivity index (χ3n) is 7.08.